The fraction of sp³-hybridized carbons (Fsp3) is 0.500. The van der Waals surface area contributed by atoms with Gasteiger partial charge in [-0.05, 0) is 29.9 Å². The van der Waals surface area contributed by atoms with E-state index >= 15 is 0 Å². The first-order valence-electron chi connectivity index (χ1n) is 5.35. The normalized spacial score (nSPS) is 10.5. The standard InChI is InChI=1S/C12H18ClNS/c1-2-3-4-7-15-9-10-5-6-11(13)12(14)8-10/h5-6,8H,2-4,7,9,14H2,1H3. The van der Waals surface area contributed by atoms with Crippen LogP contribution in [0, 0.1) is 0 Å². The van der Waals surface area contributed by atoms with Gasteiger partial charge >= 0.3 is 0 Å². The number of benzene rings is 1. The largest absolute Gasteiger partial charge is 0.398 e. The average molecular weight is 244 g/mol. The number of anilines is 1. The Morgan fingerprint density at radius 1 is 1.33 bits per heavy atom. The number of halogens is 1. The lowest BCUT2D eigenvalue weighted by Crippen LogP contribution is -1.89. The second-order valence-electron chi connectivity index (χ2n) is 3.62. The first kappa shape index (κ1) is 12.7. The Morgan fingerprint density at radius 3 is 2.80 bits per heavy atom. The van der Waals surface area contributed by atoms with Crippen molar-refractivity contribution in [2.45, 2.75) is 31.9 Å². The van der Waals surface area contributed by atoms with Crippen molar-refractivity contribution in [1.82, 2.24) is 0 Å². The second kappa shape index (κ2) is 7.02. The summed E-state index contributed by atoms with van der Waals surface area (Å²) in [5, 5.41) is 0.648. The summed E-state index contributed by atoms with van der Waals surface area (Å²) < 4.78 is 0. The molecule has 0 aliphatic carbocycles. The number of nitrogen functional groups attached to an aromatic ring is 1. The molecule has 0 spiro atoms. The predicted octanol–water partition coefficient (Wildman–Crippen LogP) is 4.35. The molecule has 0 aliphatic heterocycles. The molecule has 0 fully saturated rings. The van der Waals surface area contributed by atoms with Gasteiger partial charge in [0, 0.05) is 5.75 Å². The van der Waals surface area contributed by atoms with Crippen molar-refractivity contribution in [1.29, 1.82) is 0 Å². The van der Waals surface area contributed by atoms with Crippen LogP contribution in [0.4, 0.5) is 5.69 Å². The van der Waals surface area contributed by atoms with Crippen molar-refractivity contribution in [2.24, 2.45) is 0 Å². The summed E-state index contributed by atoms with van der Waals surface area (Å²) in [7, 11) is 0. The molecule has 0 amide bonds. The minimum absolute atomic E-state index is 0.648. The third-order valence-corrected chi connectivity index (χ3v) is 3.68. The van der Waals surface area contributed by atoms with Crippen LogP contribution in [0.5, 0.6) is 0 Å². The Kier molecular flexibility index (Phi) is 5.96. The van der Waals surface area contributed by atoms with Gasteiger partial charge in [-0.2, -0.15) is 11.8 Å². The van der Waals surface area contributed by atoms with Crippen molar-refractivity contribution in [3.8, 4) is 0 Å². The number of hydrogen-bond donors (Lipinski definition) is 1. The minimum Gasteiger partial charge on any atom is -0.398 e. The molecule has 0 radical (unpaired) electrons. The molecule has 84 valence electrons. The average Bonchev–Trinajstić information content (AvgIpc) is 2.23. The number of nitrogens with two attached hydrogens (primary N) is 1. The zero-order chi connectivity index (χ0) is 11.1. The monoisotopic (exact) mass is 243 g/mol. The molecule has 0 bridgehead atoms. The van der Waals surface area contributed by atoms with Crippen LogP contribution in [0.25, 0.3) is 0 Å². The number of rotatable bonds is 6. The van der Waals surface area contributed by atoms with Crippen molar-refractivity contribution in [3.05, 3.63) is 28.8 Å². The summed E-state index contributed by atoms with van der Waals surface area (Å²) in [6.07, 6.45) is 3.93. The van der Waals surface area contributed by atoms with Crippen LogP contribution >= 0.6 is 23.4 Å². The summed E-state index contributed by atoms with van der Waals surface area (Å²) >= 11 is 7.81. The Labute approximate surface area is 101 Å². The maximum atomic E-state index is 5.85. The molecule has 15 heavy (non-hydrogen) atoms. The molecular weight excluding hydrogens is 226 g/mol. The number of hydrogen-bond acceptors (Lipinski definition) is 2. The van der Waals surface area contributed by atoms with Gasteiger partial charge in [-0.1, -0.05) is 37.4 Å². The molecule has 0 heterocycles. The number of unbranched alkanes of at least 4 members (excludes halogenated alkanes) is 2. The van der Waals surface area contributed by atoms with Crippen LogP contribution in [0.15, 0.2) is 18.2 Å². The highest BCUT2D eigenvalue weighted by molar-refractivity contribution is 7.98. The molecule has 0 atom stereocenters. The minimum atomic E-state index is 0.648. The molecule has 1 nitrogen and oxygen atoms in total. The van der Waals surface area contributed by atoms with Crippen LogP contribution in [0.3, 0.4) is 0 Å². The fourth-order valence-electron chi connectivity index (χ4n) is 1.33. The predicted molar refractivity (Wildman–Crippen MR) is 71.6 cm³/mol. The Hall–Kier alpha value is -0.340. The lowest BCUT2D eigenvalue weighted by molar-refractivity contribution is 0.778. The Bertz CT molecular complexity index is 302. The maximum Gasteiger partial charge on any atom is 0.0635 e. The summed E-state index contributed by atoms with van der Waals surface area (Å²) in [4.78, 5) is 0. The van der Waals surface area contributed by atoms with E-state index in [-0.39, 0.29) is 0 Å². The third kappa shape index (κ3) is 4.80. The summed E-state index contributed by atoms with van der Waals surface area (Å²) in [5.74, 6) is 2.27. The van der Waals surface area contributed by atoms with Crippen LogP contribution in [-0.2, 0) is 5.75 Å². The molecule has 0 unspecified atom stereocenters. The highest BCUT2D eigenvalue weighted by atomic mass is 35.5. The topological polar surface area (TPSA) is 26.0 Å². The smallest absolute Gasteiger partial charge is 0.0635 e. The third-order valence-electron chi connectivity index (χ3n) is 2.22. The van der Waals surface area contributed by atoms with Gasteiger partial charge in [0.1, 0.15) is 0 Å². The summed E-state index contributed by atoms with van der Waals surface area (Å²) in [6.45, 7) is 2.23. The van der Waals surface area contributed by atoms with Gasteiger partial charge in [0.15, 0.2) is 0 Å². The Morgan fingerprint density at radius 2 is 2.13 bits per heavy atom. The lowest BCUT2D eigenvalue weighted by Gasteiger charge is -2.04. The van der Waals surface area contributed by atoms with Crippen LogP contribution < -0.4 is 5.73 Å². The van der Waals surface area contributed by atoms with Gasteiger partial charge in [-0.3, -0.25) is 0 Å². The molecular formula is C12H18ClNS. The number of thioether (sulfide) groups is 1. The molecule has 1 rings (SSSR count). The van der Waals surface area contributed by atoms with E-state index in [1.807, 2.05) is 30.0 Å². The van der Waals surface area contributed by atoms with E-state index in [4.69, 9.17) is 17.3 Å². The van der Waals surface area contributed by atoms with E-state index < -0.39 is 0 Å². The van der Waals surface area contributed by atoms with Gasteiger partial charge in [0.05, 0.1) is 10.7 Å². The Balaban J connectivity index is 2.28. The SMILES string of the molecule is CCCCCSCc1ccc(Cl)c(N)c1. The van der Waals surface area contributed by atoms with Crippen LogP contribution in [0.2, 0.25) is 5.02 Å². The van der Waals surface area contributed by atoms with Gasteiger partial charge < -0.3 is 5.73 Å². The van der Waals surface area contributed by atoms with E-state index in [0.717, 1.165) is 5.75 Å². The maximum absolute atomic E-state index is 5.85. The second-order valence-corrected chi connectivity index (χ2v) is 5.13. The van der Waals surface area contributed by atoms with E-state index in [2.05, 4.69) is 6.92 Å². The van der Waals surface area contributed by atoms with Crippen molar-refractivity contribution < 1.29 is 0 Å². The van der Waals surface area contributed by atoms with Crippen molar-refractivity contribution in [2.75, 3.05) is 11.5 Å². The fourth-order valence-corrected chi connectivity index (χ4v) is 2.41. The highest BCUT2D eigenvalue weighted by Gasteiger charge is 1.98. The molecule has 1 aromatic rings. The van der Waals surface area contributed by atoms with Crippen LogP contribution in [0.1, 0.15) is 31.7 Å². The zero-order valence-corrected chi connectivity index (χ0v) is 10.7. The van der Waals surface area contributed by atoms with Crippen LogP contribution in [-0.4, -0.2) is 5.75 Å². The quantitative estimate of drug-likeness (QED) is 0.594. The lowest BCUT2D eigenvalue weighted by atomic mass is 10.2. The first-order valence-corrected chi connectivity index (χ1v) is 6.89. The summed E-state index contributed by atoms with van der Waals surface area (Å²) in [6, 6.07) is 5.89. The summed E-state index contributed by atoms with van der Waals surface area (Å²) in [5.41, 5.74) is 7.68. The van der Waals surface area contributed by atoms with Gasteiger partial charge in [0.2, 0.25) is 0 Å². The molecule has 0 aliphatic rings. The van der Waals surface area contributed by atoms with Gasteiger partial charge in [-0.25, -0.2) is 0 Å². The molecule has 2 N–H and O–H groups in total. The van der Waals surface area contributed by atoms with Crippen molar-refractivity contribution in [3.63, 3.8) is 0 Å². The van der Waals surface area contributed by atoms with E-state index in [0.29, 0.717) is 10.7 Å². The zero-order valence-electron chi connectivity index (χ0n) is 9.13. The molecule has 0 aromatic heterocycles. The molecule has 0 saturated heterocycles. The first-order chi connectivity index (χ1) is 7.24. The van der Waals surface area contributed by atoms with E-state index in [1.54, 1.807) is 0 Å². The van der Waals surface area contributed by atoms with E-state index in [9.17, 15) is 0 Å². The van der Waals surface area contributed by atoms with E-state index in [1.165, 1.54) is 30.6 Å². The highest BCUT2D eigenvalue weighted by Crippen LogP contribution is 2.22. The molecule has 1 aromatic carbocycles. The molecule has 3 heteroatoms. The molecule has 0 saturated carbocycles. The van der Waals surface area contributed by atoms with Crippen molar-refractivity contribution >= 4 is 29.1 Å². The van der Waals surface area contributed by atoms with Gasteiger partial charge in [-0.15, -0.1) is 0 Å². The van der Waals surface area contributed by atoms with Gasteiger partial charge in [0.25, 0.3) is 0 Å².